The quantitative estimate of drug-likeness (QED) is 0.652. The van der Waals surface area contributed by atoms with Crippen molar-refractivity contribution >= 4 is 29.1 Å². The number of carbonyl (C=O) groups excluding carboxylic acids is 2. The van der Waals surface area contributed by atoms with Crippen LogP contribution in [0.5, 0.6) is 17.2 Å². The van der Waals surface area contributed by atoms with Gasteiger partial charge in [-0.15, -0.1) is 0 Å². The molecule has 0 N–H and O–H groups in total. The Morgan fingerprint density at radius 1 is 1.03 bits per heavy atom. The smallest absolute Gasteiger partial charge is 0.228 e. The molecular weight excluding hydrogens is 432 g/mol. The van der Waals surface area contributed by atoms with Crippen LogP contribution >= 0.6 is 11.6 Å². The van der Waals surface area contributed by atoms with Gasteiger partial charge >= 0.3 is 0 Å². The summed E-state index contributed by atoms with van der Waals surface area (Å²) in [6, 6.07) is 11.2. The first-order valence-electron chi connectivity index (χ1n) is 10.6. The number of amides is 2. The zero-order chi connectivity index (χ0) is 22.8. The third-order valence-corrected chi connectivity index (χ3v) is 6.55. The lowest BCUT2D eigenvalue weighted by Crippen LogP contribution is -2.37. The summed E-state index contributed by atoms with van der Waals surface area (Å²) < 4.78 is 15.9. The van der Waals surface area contributed by atoms with Crippen LogP contribution < -0.4 is 19.1 Å². The van der Waals surface area contributed by atoms with Crippen molar-refractivity contribution < 1.29 is 23.8 Å². The molecule has 7 nitrogen and oxygen atoms in total. The molecule has 0 spiro atoms. The van der Waals surface area contributed by atoms with Gasteiger partial charge in [0, 0.05) is 25.6 Å². The summed E-state index contributed by atoms with van der Waals surface area (Å²) >= 11 is 6.29. The number of carbonyl (C=O) groups is 2. The lowest BCUT2D eigenvalue weighted by Gasteiger charge is -2.28. The molecule has 0 unspecified atom stereocenters. The van der Waals surface area contributed by atoms with Crippen molar-refractivity contribution in [3.05, 3.63) is 47.0 Å². The van der Waals surface area contributed by atoms with Crippen molar-refractivity contribution in [2.75, 3.05) is 39.3 Å². The van der Waals surface area contributed by atoms with E-state index < -0.39 is 5.92 Å². The van der Waals surface area contributed by atoms with Gasteiger partial charge in [-0.3, -0.25) is 9.59 Å². The fourth-order valence-electron chi connectivity index (χ4n) is 4.60. The molecule has 8 heteroatoms. The van der Waals surface area contributed by atoms with Gasteiger partial charge in [0.25, 0.3) is 0 Å². The summed E-state index contributed by atoms with van der Waals surface area (Å²) in [6.07, 6.45) is 2.01. The van der Waals surface area contributed by atoms with Gasteiger partial charge in [-0.2, -0.15) is 0 Å². The SMILES string of the molecule is COc1ccc([C@@H]2CCCN2C(=O)[C@@H]2CC(=O)N(c3cc(Cl)c(OC)cc3OC)C2)cc1. The monoisotopic (exact) mass is 458 g/mol. The van der Waals surface area contributed by atoms with Crippen molar-refractivity contribution in [2.24, 2.45) is 5.92 Å². The molecule has 2 aliphatic rings. The molecule has 2 amide bonds. The van der Waals surface area contributed by atoms with Crippen molar-refractivity contribution in [1.29, 1.82) is 0 Å². The van der Waals surface area contributed by atoms with Crippen LogP contribution in [0.2, 0.25) is 5.02 Å². The zero-order valence-electron chi connectivity index (χ0n) is 18.5. The first-order valence-corrected chi connectivity index (χ1v) is 11.0. The minimum absolute atomic E-state index is 0.0118. The number of likely N-dealkylation sites (tertiary alicyclic amines) is 1. The lowest BCUT2D eigenvalue weighted by atomic mass is 10.0. The Kier molecular flexibility index (Phi) is 6.46. The van der Waals surface area contributed by atoms with Crippen LogP contribution in [0.4, 0.5) is 5.69 Å². The van der Waals surface area contributed by atoms with Crippen LogP contribution in [0, 0.1) is 5.92 Å². The minimum Gasteiger partial charge on any atom is -0.497 e. The van der Waals surface area contributed by atoms with Crippen LogP contribution in [0.1, 0.15) is 30.9 Å². The van der Waals surface area contributed by atoms with Gasteiger partial charge in [-0.25, -0.2) is 0 Å². The van der Waals surface area contributed by atoms with Gasteiger partial charge in [0.05, 0.1) is 44.0 Å². The summed E-state index contributed by atoms with van der Waals surface area (Å²) in [6.45, 7) is 0.987. The third-order valence-electron chi connectivity index (χ3n) is 6.25. The Labute approximate surface area is 192 Å². The minimum atomic E-state index is -0.410. The highest BCUT2D eigenvalue weighted by atomic mass is 35.5. The average Bonchev–Trinajstić information content (AvgIpc) is 3.45. The number of hydrogen-bond acceptors (Lipinski definition) is 5. The topological polar surface area (TPSA) is 68.3 Å². The van der Waals surface area contributed by atoms with Crippen LogP contribution in [0.25, 0.3) is 0 Å². The highest BCUT2D eigenvalue weighted by Gasteiger charge is 2.41. The number of ether oxygens (including phenoxy) is 3. The second-order valence-electron chi connectivity index (χ2n) is 8.03. The average molecular weight is 459 g/mol. The van der Waals surface area contributed by atoms with E-state index in [1.54, 1.807) is 24.1 Å². The molecule has 0 bridgehead atoms. The Hall–Kier alpha value is -2.93. The molecule has 2 saturated heterocycles. The van der Waals surface area contributed by atoms with E-state index in [-0.39, 0.29) is 24.3 Å². The summed E-state index contributed by atoms with van der Waals surface area (Å²) in [5.41, 5.74) is 1.63. The molecule has 4 rings (SSSR count). The Morgan fingerprint density at radius 3 is 2.41 bits per heavy atom. The van der Waals surface area contributed by atoms with E-state index in [1.807, 2.05) is 29.2 Å². The molecule has 2 fully saturated rings. The Morgan fingerprint density at radius 2 is 1.75 bits per heavy atom. The molecule has 0 aliphatic carbocycles. The Balaban J connectivity index is 1.53. The normalized spacial score (nSPS) is 20.6. The molecule has 2 aliphatic heterocycles. The van der Waals surface area contributed by atoms with Crippen molar-refractivity contribution in [2.45, 2.75) is 25.3 Å². The summed E-state index contributed by atoms with van der Waals surface area (Å²) in [4.78, 5) is 29.8. The van der Waals surface area contributed by atoms with E-state index in [4.69, 9.17) is 25.8 Å². The van der Waals surface area contributed by atoms with Gasteiger partial charge in [0.2, 0.25) is 11.8 Å². The number of hydrogen-bond donors (Lipinski definition) is 0. The fraction of sp³-hybridized carbons (Fsp3) is 0.417. The third kappa shape index (κ3) is 4.09. The van der Waals surface area contributed by atoms with Gasteiger partial charge in [-0.05, 0) is 36.6 Å². The molecular formula is C24H27ClN2O5. The molecule has 2 aromatic rings. The van der Waals surface area contributed by atoms with Gasteiger partial charge < -0.3 is 24.0 Å². The second kappa shape index (κ2) is 9.28. The van der Waals surface area contributed by atoms with Gasteiger partial charge in [-0.1, -0.05) is 23.7 Å². The highest BCUT2D eigenvalue weighted by molar-refractivity contribution is 6.32. The largest absolute Gasteiger partial charge is 0.497 e. The standard InChI is InChI=1S/C24H27ClN2O5/c1-30-17-8-6-15(7-9-17)19-5-4-10-26(19)24(29)16-11-23(28)27(14-16)20-12-18(25)21(31-2)13-22(20)32-3/h6-9,12-13,16,19H,4-5,10-11,14H2,1-3H3/t16-,19+/m1/s1. The summed E-state index contributed by atoms with van der Waals surface area (Å²) in [5, 5.41) is 0.380. The number of benzene rings is 2. The molecule has 0 aromatic heterocycles. The first-order chi connectivity index (χ1) is 15.5. The molecule has 2 heterocycles. The number of halogens is 1. The number of methoxy groups -OCH3 is 3. The van der Waals surface area contributed by atoms with E-state index in [0.717, 1.165) is 24.2 Å². The molecule has 0 radical (unpaired) electrons. The maximum Gasteiger partial charge on any atom is 0.228 e. The Bertz CT molecular complexity index is 1010. The van der Waals surface area contributed by atoms with Crippen LogP contribution in [0.3, 0.4) is 0 Å². The molecule has 170 valence electrons. The van der Waals surface area contributed by atoms with E-state index in [9.17, 15) is 9.59 Å². The van der Waals surface area contributed by atoms with E-state index in [2.05, 4.69) is 0 Å². The maximum absolute atomic E-state index is 13.4. The number of nitrogens with zero attached hydrogens (tertiary/aromatic N) is 2. The van der Waals surface area contributed by atoms with E-state index in [1.165, 1.54) is 14.2 Å². The number of rotatable bonds is 6. The van der Waals surface area contributed by atoms with Crippen LogP contribution in [-0.4, -0.2) is 51.1 Å². The maximum atomic E-state index is 13.4. The summed E-state index contributed by atoms with van der Waals surface area (Å²) in [7, 11) is 4.68. The highest BCUT2D eigenvalue weighted by Crippen LogP contribution is 2.41. The van der Waals surface area contributed by atoms with Gasteiger partial charge in [0.15, 0.2) is 0 Å². The molecule has 32 heavy (non-hydrogen) atoms. The van der Waals surface area contributed by atoms with E-state index in [0.29, 0.717) is 35.3 Å². The van der Waals surface area contributed by atoms with Crippen molar-refractivity contribution in [3.8, 4) is 17.2 Å². The molecule has 0 saturated carbocycles. The summed E-state index contributed by atoms with van der Waals surface area (Å²) in [5.74, 6) is 1.21. The lowest BCUT2D eigenvalue weighted by molar-refractivity contribution is -0.136. The molecule has 2 aromatic carbocycles. The number of anilines is 1. The fourth-order valence-corrected chi connectivity index (χ4v) is 4.83. The van der Waals surface area contributed by atoms with Crippen molar-refractivity contribution in [3.63, 3.8) is 0 Å². The zero-order valence-corrected chi connectivity index (χ0v) is 19.2. The predicted octanol–water partition coefficient (Wildman–Crippen LogP) is 4.08. The first kappa shape index (κ1) is 22.3. The van der Waals surface area contributed by atoms with Crippen molar-refractivity contribution in [1.82, 2.24) is 4.90 Å². The molecule has 2 atom stereocenters. The predicted molar refractivity (Wildman–Crippen MR) is 122 cm³/mol. The van der Waals surface area contributed by atoms with Crippen LogP contribution in [-0.2, 0) is 9.59 Å². The second-order valence-corrected chi connectivity index (χ2v) is 8.43. The van der Waals surface area contributed by atoms with Gasteiger partial charge in [0.1, 0.15) is 17.2 Å². The van der Waals surface area contributed by atoms with Crippen LogP contribution in [0.15, 0.2) is 36.4 Å². The van der Waals surface area contributed by atoms with E-state index >= 15 is 0 Å².